The van der Waals surface area contributed by atoms with Crippen LogP contribution in [0.15, 0.2) is 18.5 Å². The summed E-state index contributed by atoms with van der Waals surface area (Å²) in [5, 5.41) is 9.23. The summed E-state index contributed by atoms with van der Waals surface area (Å²) in [7, 11) is 5.26. The van der Waals surface area contributed by atoms with E-state index < -0.39 is 11.8 Å². The van der Waals surface area contributed by atoms with Gasteiger partial charge in [-0.25, -0.2) is 0 Å². The molecule has 2 nitrogen and oxygen atoms in total. The summed E-state index contributed by atoms with van der Waals surface area (Å²) < 4.78 is 37.0. The van der Waals surface area contributed by atoms with E-state index in [1.54, 1.807) is 0 Å². The van der Waals surface area contributed by atoms with Crippen molar-refractivity contribution in [2.75, 3.05) is 0 Å². The van der Waals surface area contributed by atoms with Gasteiger partial charge in [0.15, 0.2) is 5.60 Å². The molecule has 0 saturated heterocycles. The number of pyridine rings is 1. The van der Waals surface area contributed by atoms with E-state index in [0.29, 0.717) is 6.92 Å². The van der Waals surface area contributed by atoms with E-state index in [0.717, 1.165) is 12.3 Å². The first-order valence-electron chi connectivity index (χ1n) is 3.75. The molecular formula is C8H7BF3NO. The summed E-state index contributed by atoms with van der Waals surface area (Å²) >= 11 is 0. The predicted octanol–water partition coefficient (Wildman–Crippen LogP) is 0.645. The van der Waals surface area contributed by atoms with E-state index in [1.807, 2.05) is 0 Å². The Morgan fingerprint density at radius 1 is 1.36 bits per heavy atom. The van der Waals surface area contributed by atoms with Gasteiger partial charge in [0.25, 0.3) is 0 Å². The SMILES string of the molecule is [B]c1cncc(C(C)(O)C(F)(F)F)c1. The molecule has 14 heavy (non-hydrogen) atoms. The molecule has 0 bridgehead atoms. The number of aliphatic hydroxyl groups is 1. The molecule has 0 spiro atoms. The Balaban J connectivity index is 3.16. The normalized spacial score (nSPS) is 16.4. The molecule has 1 N–H and O–H groups in total. The van der Waals surface area contributed by atoms with Crippen molar-refractivity contribution in [2.24, 2.45) is 0 Å². The second-order valence-electron chi connectivity index (χ2n) is 3.08. The van der Waals surface area contributed by atoms with Crippen LogP contribution in [0.25, 0.3) is 0 Å². The highest BCUT2D eigenvalue weighted by atomic mass is 19.4. The summed E-state index contributed by atoms with van der Waals surface area (Å²) in [6.45, 7) is 0.656. The van der Waals surface area contributed by atoms with Crippen LogP contribution in [0.4, 0.5) is 13.2 Å². The third kappa shape index (κ3) is 1.90. The van der Waals surface area contributed by atoms with Crippen molar-refractivity contribution in [3.63, 3.8) is 0 Å². The van der Waals surface area contributed by atoms with Crippen molar-refractivity contribution < 1.29 is 18.3 Å². The Bertz CT molecular complexity index is 338. The van der Waals surface area contributed by atoms with E-state index in [1.165, 1.54) is 6.20 Å². The largest absolute Gasteiger partial charge is 0.421 e. The van der Waals surface area contributed by atoms with Gasteiger partial charge in [0.2, 0.25) is 0 Å². The predicted molar refractivity (Wildman–Crippen MR) is 45.3 cm³/mol. The van der Waals surface area contributed by atoms with Gasteiger partial charge in [0.1, 0.15) is 7.85 Å². The van der Waals surface area contributed by atoms with Crippen LogP contribution >= 0.6 is 0 Å². The lowest BCUT2D eigenvalue weighted by Crippen LogP contribution is -2.39. The first kappa shape index (κ1) is 11.0. The van der Waals surface area contributed by atoms with Crippen LogP contribution in [0, 0.1) is 0 Å². The molecule has 1 rings (SSSR count). The molecule has 0 amide bonds. The highest BCUT2D eigenvalue weighted by Gasteiger charge is 2.51. The molecule has 6 heteroatoms. The average molecular weight is 201 g/mol. The first-order chi connectivity index (χ1) is 6.25. The van der Waals surface area contributed by atoms with Gasteiger partial charge in [0.05, 0.1) is 0 Å². The van der Waals surface area contributed by atoms with Gasteiger partial charge in [-0.1, -0.05) is 11.5 Å². The van der Waals surface area contributed by atoms with Gasteiger partial charge >= 0.3 is 6.18 Å². The number of alkyl halides is 3. The van der Waals surface area contributed by atoms with E-state index >= 15 is 0 Å². The Hall–Kier alpha value is -1.04. The lowest BCUT2D eigenvalue weighted by Gasteiger charge is -2.26. The molecule has 0 aromatic carbocycles. The van der Waals surface area contributed by atoms with Crippen LogP contribution < -0.4 is 5.46 Å². The molecule has 74 valence electrons. The molecule has 1 aromatic heterocycles. The Kier molecular flexibility index (Phi) is 2.58. The monoisotopic (exact) mass is 201 g/mol. The minimum atomic E-state index is -4.75. The van der Waals surface area contributed by atoms with Crippen molar-refractivity contribution in [1.82, 2.24) is 4.98 Å². The summed E-state index contributed by atoms with van der Waals surface area (Å²) in [5.74, 6) is 0. The Labute approximate surface area is 80.2 Å². The number of nitrogens with zero attached hydrogens (tertiary/aromatic N) is 1. The van der Waals surface area contributed by atoms with Gasteiger partial charge in [-0.05, 0) is 6.92 Å². The zero-order chi connectivity index (χ0) is 11.0. The molecule has 1 heterocycles. The third-order valence-corrected chi connectivity index (χ3v) is 1.87. The summed E-state index contributed by atoms with van der Waals surface area (Å²) in [6, 6.07) is 1.04. The molecule has 0 fully saturated rings. The fourth-order valence-corrected chi connectivity index (χ4v) is 0.888. The quantitative estimate of drug-likeness (QED) is 0.676. The van der Waals surface area contributed by atoms with Crippen LogP contribution in [0.5, 0.6) is 0 Å². The number of hydrogen-bond acceptors (Lipinski definition) is 2. The van der Waals surface area contributed by atoms with E-state index in [4.69, 9.17) is 7.85 Å². The van der Waals surface area contributed by atoms with Crippen LogP contribution in [0.1, 0.15) is 12.5 Å². The van der Waals surface area contributed by atoms with Crippen LogP contribution in [-0.4, -0.2) is 24.1 Å². The molecule has 1 aromatic rings. The molecule has 0 aliphatic heterocycles. The summed E-state index contributed by atoms with van der Waals surface area (Å²) in [5.41, 5.74) is -3.22. The maximum absolute atomic E-state index is 12.3. The number of halogens is 3. The van der Waals surface area contributed by atoms with Gasteiger partial charge in [-0.2, -0.15) is 13.2 Å². The Morgan fingerprint density at radius 2 is 1.93 bits per heavy atom. The van der Waals surface area contributed by atoms with Crippen molar-refractivity contribution in [3.8, 4) is 0 Å². The van der Waals surface area contributed by atoms with Crippen molar-refractivity contribution >= 4 is 13.3 Å². The number of aromatic nitrogens is 1. The first-order valence-corrected chi connectivity index (χ1v) is 3.75. The van der Waals surface area contributed by atoms with Crippen molar-refractivity contribution in [3.05, 3.63) is 24.0 Å². The lowest BCUT2D eigenvalue weighted by molar-refractivity contribution is -0.258. The van der Waals surface area contributed by atoms with Gasteiger partial charge in [0, 0.05) is 18.0 Å². The second-order valence-corrected chi connectivity index (χ2v) is 3.08. The highest BCUT2D eigenvalue weighted by Crippen LogP contribution is 2.37. The molecule has 0 aliphatic rings. The highest BCUT2D eigenvalue weighted by molar-refractivity contribution is 6.32. The zero-order valence-corrected chi connectivity index (χ0v) is 7.34. The molecule has 0 saturated carbocycles. The van der Waals surface area contributed by atoms with Gasteiger partial charge in [-0.15, -0.1) is 0 Å². The molecular weight excluding hydrogens is 194 g/mol. The standard InChI is InChI=1S/C8H7BF3NO/c1-7(14,8(10,11)12)5-2-6(9)4-13-3-5/h2-4,14H,1H3. The smallest absolute Gasteiger partial charge is 0.376 e. The molecule has 1 unspecified atom stereocenters. The lowest BCUT2D eigenvalue weighted by atomic mass is 9.90. The van der Waals surface area contributed by atoms with E-state index in [9.17, 15) is 18.3 Å². The van der Waals surface area contributed by atoms with Crippen LogP contribution in [0.3, 0.4) is 0 Å². The zero-order valence-electron chi connectivity index (χ0n) is 7.34. The average Bonchev–Trinajstić information content (AvgIpc) is 2.02. The van der Waals surface area contributed by atoms with Gasteiger partial charge < -0.3 is 5.11 Å². The van der Waals surface area contributed by atoms with E-state index in [-0.39, 0.29) is 11.0 Å². The summed E-state index contributed by atoms with van der Waals surface area (Å²) in [6.07, 6.45) is -2.61. The fourth-order valence-electron chi connectivity index (χ4n) is 0.888. The molecule has 0 aliphatic carbocycles. The van der Waals surface area contributed by atoms with Gasteiger partial charge in [-0.3, -0.25) is 4.98 Å². The third-order valence-electron chi connectivity index (χ3n) is 1.87. The number of rotatable bonds is 1. The molecule has 1 atom stereocenters. The minimum absolute atomic E-state index is 0.0759. The fraction of sp³-hybridized carbons (Fsp3) is 0.375. The topological polar surface area (TPSA) is 33.1 Å². The van der Waals surface area contributed by atoms with Crippen LogP contribution in [0.2, 0.25) is 0 Å². The maximum atomic E-state index is 12.3. The van der Waals surface area contributed by atoms with Crippen molar-refractivity contribution in [1.29, 1.82) is 0 Å². The minimum Gasteiger partial charge on any atom is -0.376 e. The van der Waals surface area contributed by atoms with Crippen molar-refractivity contribution in [2.45, 2.75) is 18.7 Å². The molecule has 2 radical (unpaired) electrons. The summed E-state index contributed by atoms with van der Waals surface area (Å²) in [4.78, 5) is 3.48. The number of hydrogen-bond donors (Lipinski definition) is 1. The van der Waals surface area contributed by atoms with E-state index in [2.05, 4.69) is 4.98 Å². The maximum Gasteiger partial charge on any atom is 0.421 e. The van der Waals surface area contributed by atoms with Crippen LogP contribution in [-0.2, 0) is 5.60 Å². The Morgan fingerprint density at radius 3 is 2.36 bits per heavy atom. The second kappa shape index (κ2) is 3.27.